The quantitative estimate of drug-likeness (QED) is 0.123. The first-order chi connectivity index (χ1) is 59.4. The molecular weight excluding hydrogens is 1550 g/mol. The third-order valence-electron chi connectivity index (χ3n) is 21.5. The molecule has 572 valence electrons. The first-order valence-corrected chi connectivity index (χ1v) is 38.3. The number of furan rings is 1. The molecule has 0 radical (unpaired) electrons. The summed E-state index contributed by atoms with van der Waals surface area (Å²) in [6.45, 7) is 40.4. The van der Waals surface area contributed by atoms with Gasteiger partial charge in [-0.2, -0.15) is 26.3 Å². The molecule has 0 atom stereocenters. The lowest BCUT2D eigenvalue weighted by Gasteiger charge is -2.22. The molecule has 1 aliphatic rings. The summed E-state index contributed by atoms with van der Waals surface area (Å²) in [5.74, 6) is -3.77. The second-order valence-corrected chi connectivity index (χ2v) is 29.6. The molecule has 20 rings (SSSR count). The Morgan fingerprint density at radius 2 is 0.730 bits per heavy atom. The topological polar surface area (TPSA) is 164 Å². The molecule has 13 nitrogen and oxygen atoms in total. The zero-order chi connectivity index (χ0) is 85.2. The standard InChI is InChI=1S/C26H14FN3.C23H15FN2.C20H10FN3.C20H9FN2O.C14H5FN2S/c1-29-23-14-18(13-19(16-28)26(23)27)17-11-12-22-21-9-5-6-10-24(21)30(25(22)15-17)20-7-3-2-4-8-20;1-23(2)19-7-5-4-6-17(19)18-9-8-14(11-20(18)23)15-10-16(13-25)22(24)21(12-15)26-3;1-23-19-18(21)13(12-22)11-16-15-9-5-6-10-17(15)24(20(16)19)14-7-3-2-4-8-14;1-23-17-9-13(8-14(11-22)20(17)21)12-6-7-16-15-4-2-3-5-18(15)24-19(16)10-12;1-17-13-12(15)8(7-16)6-10-9-4-2-3-5-11(9)18-14(10)13/h2-15H;4-12H,1-2H3;2-11H;2-10H;2-6H. The highest BCUT2D eigenvalue weighted by molar-refractivity contribution is 7.26. The summed E-state index contributed by atoms with van der Waals surface area (Å²) in [6, 6.07) is 98.2. The van der Waals surface area contributed by atoms with Gasteiger partial charge in [-0.3, -0.25) is 0 Å². The highest BCUT2D eigenvalue weighted by Gasteiger charge is 2.36. The maximum atomic E-state index is 14.6. The number of hydrogen-bond acceptors (Lipinski definition) is 7. The molecule has 0 bridgehead atoms. The van der Waals surface area contributed by atoms with Crippen LogP contribution in [0, 0.1) is 119 Å². The molecule has 1 aliphatic carbocycles. The summed E-state index contributed by atoms with van der Waals surface area (Å²) >= 11 is 1.38. The summed E-state index contributed by atoms with van der Waals surface area (Å²) in [4.78, 5) is 16.3. The van der Waals surface area contributed by atoms with Crippen molar-refractivity contribution in [3.05, 3.63) is 410 Å². The molecule has 0 unspecified atom stereocenters. The van der Waals surface area contributed by atoms with Crippen LogP contribution in [-0.2, 0) is 5.41 Å². The van der Waals surface area contributed by atoms with Gasteiger partial charge < -0.3 is 13.6 Å². The van der Waals surface area contributed by atoms with E-state index < -0.39 is 29.1 Å². The first-order valence-electron chi connectivity index (χ1n) is 37.5. The number of fused-ring (bicyclic) bond motifs is 15. The van der Waals surface area contributed by atoms with Crippen molar-refractivity contribution in [2.75, 3.05) is 0 Å². The van der Waals surface area contributed by atoms with Gasteiger partial charge in [0.25, 0.3) is 0 Å². The largest absolute Gasteiger partial charge is 0.456 e. The zero-order valence-corrected chi connectivity index (χ0v) is 65.0. The van der Waals surface area contributed by atoms with Crippen LogP contribution in [0.4, 0.5) is 50.4 Å². The van der Waals surface area contributed by atoms with Gasteiger partial charge in [-0.25, -0.2) is 46.2 Å². The summed E-state index contributed by atoms with van der Waals surface area (Å²) in [5, 5.41) is 53.2. The Morgan fingerprint density at radius 3 is 1.29 bits per heavy atom. The van der Waals surface area contributed by atoms with Crippen molar-refractivity contribution in [2.24, 2.45) is 0 Å². The molecule has 0 amide bonds. The smallest absolute Gasteiger partial charge is 0.247 e. The van der Waals surface area contributed by atoms with Crippen LogP contribution in [0.3, 0.4) is 0 Å². The Hall–Kier alpha value is -17.5. The van der Waals surface area contributed by atoms with Crippen LogP contribution >= 0.6 is 11.3 Å². The third-order valence-corrected chi connectivity index (χ3v) is 22.7. The first kappa shape index (κ1) is 78.4. The second kappa shape index (κ2) is 32.6. The van der Waals surface area contributed by atoms with Gasteiger partial charge in [0.15, 0.2) is 0 Å². The summed E-state index contributed by atoms with van der Waals surface area (Å²) in [7, 11) is 0. The van der Waals surface area contributed by atoms with Gasteiger partial charge in [0.05, 0.1) is 82.7 Å². The molecule has 0 N–H and O–H groups in total. The van der Waals surface area contributed by atoms with E-state index in [-0.39, 0.29) is 61.7 Å². The van der Waals surface area contributed by atoms with Gasteiger partial charge in [0.1, 0.15) is 70.6 Å². The van der Waals surface area contributed by atoms with Crippen LogP contribution in [0.2, 0.25) is 0 Å². The fourth-order valence-electron chi connectivity index (χ4n) is 15.7. The molecule has 0 aliphatic heterocycles. The molecule has 15 aromatic carbocycles. The number of aromatic nitrogens is 2. The average molecular weight is 1600 g/mol. The Labute approximate surface area is 698 Å². The highest BCUT2D eigenvalue weighted by Crippen LogP contribution is 2.51. The van der Waals surface area contributed by atoms with E-state index in [0.29, 0.717) is 37.9 Å². The second-order valence-electron chi connectivity index (χ2n) is 28.6. The Bertz CT molecular complexity index is 7980. The van der Waals surface area contributed by atoms with E-state index in [1.807, 2.05) is 205 Å². The lowest BCUT2D eigenvalue weighted by Crippen LogP contribution is -2.14. The Balaban J connectivity index is 0.000000114. The number of rotatable bonds is 5. The van der Waals surface area contributed by atoms with Crippen LogP contribution < -0.4 is 0 Å². The maximum Gasteiger partial charge on any atom is 0.247 e. The van der Waals surface area contributed by atoms with Crippen molar-refractivity contribution < 1.29 is 26.4 Å². The highest BCUT2D eigenvalue weighted by atomic mass is 32.1. The predicted molar refractivity (Wildman–Crippen MR) is 470 cm³/mol. The van der Waals surface area contributed by atoms with Crippen LogP contribution in [0.5, 0.6) is 0 Å². The van der Waals surface area contributed by atoms with Gasteiger partial charge in [0, 0.05) is 53.1 Å². The molecule has 122 heavy (non-hydrogen) atoms. The minimum absolute atomic E-state index is 0.0507. The van der Waals surface area contributed by atoms with E-state index in [0.717, 1.165) is 92.6 Å². The fourth-order valence-corrected chi connectivity index (χ4v) is 16.9. The SMILES string of the molecule is [C-]#[N+]c1c(F)c(C#N)cc2c1sc1ccccc12.[C-]#[N+]c1c(F)c(C#N)cc2c3ccccc3n(-c3ccccc3)c12.[C-]#[N+]c1cc(-c2ccc3c(c2)C(C)(C)c2ccccc2-3)cc(C#N)c1F.[C-]#[N+]c1cc(-c2ccc3c(c2)oc2ccccc23)cc(C#N)c1F.[C-]#[N+]c1cc(-c2ccc3c4ccccc4n(-c4ccccc4)c3c2)cc(C#N)c1F. The van der Waals surface area contributed by atoms with Crippen LogP contribution in [0.15, 0.2) is 290 Å². The minimum atomic E-state index is -0.777. The number of thiophene rings is 1. The number of benzene rings is 15. The van der Waals surface area contributed by atoms with Crippen molar-refractivity contribution in [1.82, 2.24) is 9.13 Å². The van der Waals surface area contributed by atoms with Crippen molar-refractivity contribution in [1.29, 1.82) is 26.3 Å². The molecule has 0 saturated heterocycles. The number of hydrogen-bond donors (Lipinski definition) is 0. The summed E-state index contributed by atoms with van der Waals surface area (Å²) in [5.41, 5.74) is 14.9. The summed E-state index contributed by atoms with van der Waals surface area (Å²) < 4.78 is 82.2. The van der Waals surface area contributed by atoms with Crippen molar-refractivity contribution in [3.8, 4) is 86.2 Å². The summed E-state index contributed by atoms with van der Waals surface area (Å²) in [6.07, 6.45) is 0. The average Bonchev–Trinajstić information content (AvgIpc) is 1.59. The van der Waals surface area contributed by atoms with Gasteiger partial charge in [-0.05, 0) is 193 Å². The van der Waals surface area contributed by atoms with E-state index >= 15 is 0 Å². The number of para-hydroxylation sites is 5. The molecule has 4 heterocycles. The minimum Gasteiger partial charge on any atom is -0.456 e. The van der Waals surface area contributed by atoms with E-state index in [1.165, 1.54) is 82.1 Å². The number of nitriles is 5. The third kappa shape index (κ3) is 13.8. The van der Waals surface area contributed by atoms with Crippen LogP contribution in [0.1, 0.15) is 52.8 Å². The van der Waals surface area contributed by atoms with Gasteiger partial charge in [-0.15, -0.1) is 11.3 Å². The Morgan fingerprint density at radius 1 is 0.320 bits per heavy atom. The van der Waals surface area contributed by atoms with E-state index in [9.17, 15) is 37.7 Å². The van der Waals surface area contributed by atoms with E-state index in [1.54, 1.807) is 12.1 Å². The number of nitrogens with zero attached hydrogens (tertiary/aromatic N) is 12. The van der Waals surface area contributed by atoms with Gasteiger partial charge in [-0.1, -0.05) is 178 Å². The molecular formula is C103H53F5N12OS. The molecule has 0 spiro atoms. The zero-order valence-electron chi connectivity index (χ0n) is 64.2. The van der Waals surface area contributed by atoms with Crippen molar-refractivity contribution >= 4 is 125 Å². The van der Waals surface area contributed by atoms with Gasteiger partial charge >= 0.3 is 0 Å². The molecule has 0 fully saturated rings. The monoisotopic (exact) mass is 1600 g/mol. The van der Waals surface area contributed by atoms with Crippen molar-refractivity contribution in [3.63, 3.8) is 0 Å². The van der Waals surface area contributed by atoms with Crippen LogP contribution in [0.25, 0.3) is 166 Å². The fraction of sp³-hybridized carbons (Fsp3) is 0.0291. The van der Waals surface area contributed by atoms with Crippen LogP contribution in [-0.4, -0.2) is 9.13 Å². The maximum absolute atomic E-state index is 14.6. The lowest BCUT2D eigenvalue weighted by molar-refractivity contribution is 0.629. The lowest BCUT2D eigenvalue weighted by atomic mass is 9.81. The Kier molecular flexibility index (Phi) is 21.0. The molecule has 0 saturated carbocycles. The van der Waals surface area contributed by atoms with Gasteiger partial charge in [0.2, 0.25) is 28.4 Å². The predicted octanol–water partition coefficient (Wildman–Crippen LogP) is 29.0. The molecule has 4 aromatic heterocycles. The molecule has 19 aromatic rings. The normalized spacial score (nSPS) is 11.2. The van der Waals surface area contributed by atoms with E-state index in [2.05, 4.69) is 97.2 Å². The number of halogens is 5. The van der Waals surface area contributed by atoms with Crippen molar-refractivity contribution in [2.45, 2.75) is 19.3 Å². The van der Waals surface area contributed by atoms with E-state index in [4.69, 9.17) is 47.8 Å². The molecule has 19 heteroatoms.